The summed E-state index contributed by atoms with van der Waals surface area (Å²) in [7, 11) is 1.62. The van der Waals surface area contributed by atoms with E-state index in [1.165, 1.54) is 0 Å². The van der Waals surface area contributed by atoms with Gasteiger partial charge in [0.25, 0.3) is 5.91 Å². The fraction of sp³-hybridized carbons (Fsp3) is 0.304. The summed E-state index contributed by atoms with van der Waals surface area (Å²) in [5.74, 6) is 0.545. The predicted octanol–water partition coefficient (Wildman–Crippen LogP) is 3.62. The highest BCUT2D eigenvalue weighted by Gasteiger charge is 2.21. The fourth-order valence-electron chi connectivity index (χ4n) is 3.25. The number of carbonyl (C=O) groups is 1. The van der Waals surface area contributed by atoms with Crippen molar-refractivity contribution in [1.29, 1.82) is 0 Å². The molecule has 152 valence electrons. The molecule has 6 nitrogen and oxygen atoms in total. The van der Waals surface area contributed by atoms with Crippen molar-refractivity contribution in [3.63, 3.8) is 0 Å². The van der Waals surface area contributed by atoms with Gasteiger partial charge in [-0.3, -0.25) is 4.79 Å². The van der Waals surface area contributed by atoms with E-state index in [1.54, 1.807) is 18.0 Å². The lowest BCUT2D eigenvalue weighted by Crippen LogP contribution is -2.34. The van der Waals surface area contributed by atoms with E-state index in [0.717, 1.165) is 30.9 Å². The number of para-hydroxylation sites is 2. The lowest BCUT2D eigenvalue weighted by molar-refractivity contribution is 0.0949. The van der Waals surface area contributed by atoms with Crippen molar-refractivity contribution in [2.45, 2.75) is 13.8 Å². The molecule has 0 aliphatic heterocycles. The molecule has 3 rings (SSSR count). The molecule has 0 aliphatic carbocycles. The molecule has 1 amide bonds. The lowest BCUT2D eigenvalue weighted by atomic mass is 10.1. The first-order valence-electron chi connectivity index (χ1n) is 9.97. The van der Waals surface area contributed by atoms with E-state index in [2.05, 4.69) is 24.1 Å². The number of methoxy groups -OCH3 is 1. The predicted molar refractivity (Wildman–Crippen MR) is 116 cm³/mol. The number of amides is 1. The second kappa shape index (κ2) is 9.89. The van der Waals surface area contributed by atoms with Crippen LogP contribution in [-0.4, -0.2) is 53.9 Å². The Morgan fingerprint density at radius 2 is 1.76 bits per heavy atom. The number of rotatable bonds is 9. The van der Waals surface area contributed by atoms with Gasteiger partial charge < -0.3 is 15.0 Å². The second-order valence-corrected chi connectivity index (χ2v) is 6.65. The molecule has 0 aliphatic rings. The molecule has 1 aromatic heterocycles. The van der Waals surface area contributed by atoms with Crippen molar-refractivity contribution in [1.82, 2.24) is 20.0 Å². The maximum absolute atomic E-state index is 13.0. The van der Waals surface area contributed by atoms with E-state index >= 15 is 0 Å². The van der Waals surface area contributed by atoms with Crippen molar-refractivity contribution in [2.24, 2.45) is 0 Å². The maximum atomic E-state index is 13.0. The lowest BCUT2D eigenvalue weighted by Gasteiger charge is -2.17. The third-order valence-corrected chi connectivity index (χ3v) is 4.95. The van der Waals surface area contributed by atoms with E-state index in [9.17, 15) is 4.79 Å². The molecule has 0 atom stereocenters. The van der Waals surface area contributed by atoms with Crippen LogP contribution in [0, 0.1) is 0 Å². The second-order valence-electron chi connectivity index (χ2n) is 6.65. The van der Waals surface area contributed by atoms with Gasteiger partial charge in [-0.2, -0.15) is 5.10 Å². The molecule has 29 heavy (non-hydrogen) atoms. The van der Waals surface area contributed by atoms with Gasteiger partial charge in [0.05, 0.1) is 18.4 Å². The molecular weight excluding hydrogens is 364 g/mol. The Kier molecular flexibility index (Phi) is 7.03. The number of carbonyl (C=O) groups excluding carboxylic acids is 1. The summed E-state index contributed by atoms with van der Waals surface area (Å²) in [5, 5.41) is 7.76. The molecule has 6 heteroatoms. The van der Waals surface area contributed by atoms with Crippen LogP contribution in [0.5, 0.6) is 5.75 Å². The first-order valence-corrected chi connectivity index (χ1v) is 9.97. The number of likely N-dealkylation sites (N-methyl/N-ethyl adjacent to an activating group) is 1. The quantitative estimate of drug-likeness (QED) is 0.604. The summed E-state index contributed by atoms with van der Waals surface area (Å²) in [6, 6.07) is 17.4. The summed E-state index contributed by atoms with van der Waals surface area (Å²) in [6.07, 6.45) is 1.78. The van der Waals surface area contributed by atoms with Gasteiger partial charge in [0.1, 0.15) is 11.4 Å². The topological polar surface area (TPSA) is 59.4 Å². The Morgan fingerprint density at radius 1 is 1.07 bits per heavy atom. The molecule has 0 saturated carbocycles. The van der Waals surface area contributed by atoms with Gasteiger partial charge >= 0.3 is 0 Å². The van der Waals surface area contributed by atoms with Crippen LogP contribution in [0.15, 0.2) is 60.8 Å². The summed E-state index contributed by atoms with van der Waals surface area (Å²) in [6.45, 7) is 7.57. The Bertz CT molecular complexity index is 933. The zero-order valence-electron chi connectivity index (χ0n) is 17.3. The Labute approximate surface area is 172 Å². The normalized spacial score (nSPS) is 10.9. The summed E-state index contributed by atoms with van der Waals surface area (Å²) >= 11 is 0. The fourth-order valence-corrected chi connectivity index (χ4v) is 3.25. The monoisotopic (exact) mass is 392 g/mol. The van der Waals surface area contributed by atoms with Gasteiger partial charge in [0.15, 0.2) is 0 Å². The molecule has 1 N–H and O–H groups in total. The van der Waals surface area contributed by atoms with Crippen LogP contribution in [0.2, 0.25) is 0 Å². The van der Waals surface area contributed by atoms with Crippen LogP contribution in [0.4, 0.5) is 0 Å². The third-order valence-electron chi connectivity index (χ3n) is 4.95. The molecule has 3 aromatic rings. The van der Waals surface area contributed by atoms with Crippen LogP contribution in [0.1, 0.15) is 24.2 Å². The van der Waals surface area contributed by atoms with E-state index < -0.39 is 0 Å². The van der Waals surface area contributed by atoms with Crippen molar-refractivity contribution in [3.8, 4) is 22.7 Å². The number of nitrogens with zero attached hydrogens (tertiary/aromatic N) is 3. The largest absolute Gasteiger partial charge is 0.496 e. The molecule has 0 unspecified atom stereocenters. The Balaban J connectivity index is 1.94. The summed E-state index contributed by atoms with van der Waals surface area (Å²) < 4.78 is 7.24. The molecule has 1 heterocycles. The highest BCUT2D eigenvalue weighted by atomic mass is 16.5. The molecule has 0 spiro atoms. The first-order chi connectivity index (χ1) is 14.2. The van der Waals surface area contributed by atoms with E-state index in [4.69, 9.17) is 9.84 Å². The molecule has 2 aromatic carbocycles. The number of benzene rings is 2. The molecule has 0 fully saturated rings. The number of hydrogen-bond donors (Lipinski definition) is 1. The standard InChI is InChI=1S/C23H28N4O2/c1-4-26(5-2)16-15-24-23(28)20-17-27(18-11-7-6-8-12-18)25-22(20)19-13-9-10-14-21(19)29-3/h6-14,17H,4-5,15-16H2,1-3H3,(H,24,28). The average molecular weight is 393 g/mol. The van der Waals surface area contributed by atoms with Crippen molar-refractivity contribution in [3.05, 3.63) is 66.4 Å². The van der Waals surface area contributed by atoms with Crippen LogP contribution < -0.4 is 10.1 Å². The minimum absolute atomic E-state index is 0.139. The number of aromatic nitrogens is 2. The van der Waals surface area contributed by atoms with Crippen LogP contribution in [0.25, 0.3) is 16.9 Å². The highest BCUT2D eigenvalue weighted by Crippen LogP contribution is 2.31. The van der Waals surface area contributed by atoms with E-state index in [1.807, 2.05) is 54.6 Å². The molecule has 0 bridgehead atoms. The molecule has 0 radical (unpaired) electrons. The number of hydrogen-bond acceptors (Lipinski definition) is 4. The van der Waals surface area contributed by atoms with Crippen LogP contribution in [-0.2, 0) is 0 Å². The zero-order chi connectivity index (χ0) is 20.6. The SMILES string of the molecule is CCN(CC)CCNC(=O)c1cn(-c2ccccc2)nc1-c1ccccc1OC. The zero-order valence-corrected chi connectivity index (χ0v) is 17.3. The van der Waals surface area contributed by atoms with E-state index in [0.29, 0.717) is 23.6 Å². The van der Waals surface area contributed by atoms with Gasteiger partial charge in [0, 0.05) is 24.8 Å². The van der Waals surface area contributed by atoms with Crippen molar-refractivity contribution >= 4 is 5.91 Å². The Hall–Kier alpha value is -3.12. The number of ether oxygens (including phenoxy) is 1. The minimum Gasteiger partial charge on any atom is -0.496 e. The summed E-state index contributed by atoms with van der Waals surface area (Å²) in [5.41, 5.74) is 2.81. The van der Waals surface area contributed by atoms with Gasteiger partial charge in [-0.1, -0.05) is 44.2 Å². The van der Waals surface area contributed by atoms with Gasteiger partial charge in [-0.15, -0.1) is 0 Å². The van der Waals surface area contributed by atoms with E-state index in [-0.39, 0.29) is 5.91 Å². The average Bonchev–Trinajstić information content (AvgIpc) is 3.22. The summed E-state index contributed by atoms with van der Waals surface area (Å²) in [4.78, 5) is 15.3. The van der Waals surface area contributed by atoms with Gasteiger partial charge in [0.2, 0.25) is 0 Å². The van der Waals surface area contributed by atoms with Crippen molar-refractivity contribution in [2.75, 3.05) is 33.3 Å². The van der Waals surface area contributed by atoms with Gasteiger partial charge in [-0.25, -0.2) is 4.68 Å². The van der Waals surface area contributed by atoms with Crippen LogP contribution in [0.3, 0.4) is 0 Å². The maximum Gasteiger partial charge on any atom is 0.255 e. The molecule has 0 saturated heterocycles. The minimum atomic E-state index is -0.139. The van der Waals surface area contributed by atoms with Crippen LogP contribution >= 0.6 is 0 Å². The smallest absolute Gasteiger partial charge is 0.255 e. The molecular formula is C23H28N4O2. The Morgan fingerprint density at radius 3 is 2.45 bits per heavy atom. The van der Waals surface area contributed by atoms with Crippen molar-refractivity contribution < 1.29 is 9.53 Å². The first kappa shape index (κ1) is 20.6. The third kappa shape index (κ3) is 4.84. The number of nitrogens with one attached hydrogen (secondary N) is 1. The highest BCUT2D eigenvalue weighted by molar-refractivity contribution is 6.00. The van der Waals surface area contributed by atoms with Gasteiger partial charge in [-0.05, 0) is 37.4 Å².